The number of benzene rings is 2. The molecular formula is C23H28Cl2N2O4S. The fraction of sp³-hybridized carbons (Fsp3) is 0.435. The van der Waals surface area contributed by atoms with E-state index in [4.69, 9.17) is 27.9 Å². The van der Waals surface area contributed by atoms with Crippen LogP contribution in [0.15, 0.2) is 42.5 Å². The average molecular weight is 499 g/mol. The number of hydrogen-bond acceptors (Lipinski definition) is 4. The molecular weight excluding hydrogens is 471 g/mol. The third-order valence-electron chi connectivity index (χ3n) is 5.78. The Morgan fingerprint density at radius 3 is 2.44 bits per heavy atom. The highest BCUT2D eigenvalue weighted by Gasteiger charge is 2.33. The van der Waals surface area contributed by atoms with Crippen molar-refractivity contribution in [2.75, 3.05) is 20.2 Å². The van der Waals surface area contributed by atoms with Crippen LogP contribution in [0.2, 0.25) is 10.0 Å². The minimum Gasteiger partial charge on any atom is -0.497 e. The topological polar surface area (TPSA) is 75.7 Å². The molecule has 0 unspecified atom stereocenters. The number of ether oxygens (including phenoxy) is 1. The van der Waals surface area contributed by atoms with Gasteiger partial charge in [0.15, 0.2) is 0 Å². The molecule has 1 fully saturated rings. The molecule has 174 valence electrons. The van der Waals surface area contributed by atoms with E-state index in [9.17, 15) is 13.2 Å². The van der Waals surface area contributed by atoms with Crippen LogP contribution < -0.4 is 10.1 Å². The molecule has 1 aliphatic rings. The molecule has 1 amide bonds. The number of halogens is 2. The Morgan fingerprint density at radius 2 is 1.84 bits per heavy atom. The normalized spacial score (nSPS) is 18.2. The molecule has 2 atom stereocenters. The van der Waals surface area contributed by atoms with Gasteiger partial charge in [0.1, 0.15) is 5.75 Å². The Hall–Kier alpha value is -1.80. The van der Waals surface area contributed by atoms with Gasteiger partial charge in [-0.15, -0.1) is 0 Å². The standard InChI is InChI=1S/C23H28Cl2N2O4S/c1-3-22(16-9-11-18(31-2)12-10-16)26-23(28)17-6-5-13-27(14-17)32(29,30)15-19-20(24)7-4-8-21(19)25/h4,7-12,17,22H,3,5-6,13-15H2,1-2H3,(H,26,28)/t17-,22+/m0/s1. The van der Waals surface area contributed by atoms with Crippen LogP contribution >= 0.6 is 23.2 Å². The fourth-order valence-electron chi connectivity index (χ4n) is 3.90. The zero-order valence-corrected chi connectivity index (χ0v) is 20.5. The largest absolute Gasteiger partial charge is 0.497 e. The van der Waals surface area contributed by atoms with Crippen molar-refractivity contribution in [3.8, 4) is 5.75 Å². The van der Waals surface area contributed by atoms with E-state index in [1.54, 1.807) is 25.3 Å². The number of sulfonamides is 1. The maximum atomic E-state index is 13.1. The third-order valence-corrected chi connectivity index (χ3v) is 8.26. The molecule has 2 aromatic carbocycles. The Bertz CT molecular complexity index is 1020. The Morgan fingerprint density at radius 1 is 1.19 bits per heavy atom. The van der Waals surface area contributed by atoms with Crippen molar-refractivity contribution in [1.82, 2.24) is 9.62 Å². The minimum absolute atomic E-state index is 0.136. The maximum absolute atomic E-state index is 13.1. The molecule has 1 saturated heterocycles. The summed E-state index contributed by atoms with van der Waals surface area (Å²) in [6, 6.07) is 12.3. The zero-order valence-electron chi connectivity index (χ0n) is 18.2. The third kappa shape index (κ3) is 5.95. The second kappa shape index (κ2) is 10.9. The molecule has 32 heavy (non-hydrogen) atoms. The van der Waals surface area contributed by atoms with E-state index in [0.717, 1.165) is 17.7 Å². The summed E-state index contributed by atoms with van der Waals surface area (Å²) in [5.41, 5.74) is 1.36. The van der Waals surface area contributed by atoms with E-state index >= 15 is 0 Å². The highest BCUT2D eigenvalue weighted by Crippen LogP contribution is 2.29. The lowest BCUT2D eigenvalue weighted by atomic mass is 9.97. The van der Waals surface area contributed by atoms with Crippen molar-refractivity contribution in [3.63, 3.8) is 0 Å². The van der Waals surface area contributed by atoms with Gasteiger partial charge in [-0.05, 0) is 49.1 Å². The maximum Gasteiger partial charge on any atom is 0.224 e. The number of amides is 1. The lowest BCUT2D eigenvalue weighted by Crippen LogP contribution is -2.46. The summed E-state index contributed by atoms with van der Waals surface area (Å²) in [5.74, 6) is -0.0823. The molecule has 0 aliphatic carbocycles. The van der Waals surface area contributed by atoms with Crippen LogP contribution in [0.4, 0.5) is 0 Å². The summed E-state index contributed by atoms with van der Waals surface area (Å²) in [6.07, 6.45) is 1.98. The van der Waals surface area contributed by atoms with E-state index in [2.05, 4.69) is 5.32 Å². The quantitative estimate of drug-likeness (QED) is 0.566. The van der Waals surface area contributed by atoms with Gasteiger partial charge in [0.05, 0.1) is 24.8 Å². The molecule has 1 N–H and O–H groups in total. The second-order valence-electron chi connectivity index (χ2n) is 7.90. The van der Waals surface area contributed by atoms with Gasteiger partial charge in [-0.25, -0.2) is 12.7 Å². The van der Waals surface area contributed by atoms with Crippen molar-refractivity contribution in [3.05, 3.63) is 63.6 Å². The highest BCUT2D eigenvalue weighted by atomic mass is 35.5. The summed E-state index contributed by atoms with van der Waals surface area (Å²) in [6.45, 7) is 2.53. The summed E-state index contributed by atoms with van der Waals surface area (Å²) in [4.78, 5) is 13.0. The number of nitrogens with zero attached hydrogens (tertiary/aromatic N) is 1. The molecule has 3 rings (SSSR count). The zero-order chi connectivity index (χ0) is 23.3. The number of methoxy groups -OCH3 is 1. The van der Waals surface area contributed by atoms with E-state index < -0.39 is 15.9 Å². The van der Waals surface area contributed by atoms with E-state index in [0.29, 0.717) is 35.0 Å². The SMILES string of the molecule is CC[C@@H](NC(=O)[C@H]1CCCN(S(=O)(=O)Cc2c(Cl)cccc2Cl)C1)c1ccc(OC)cc1. The van der Waals surface area contributed by atoms with E-state index in [1.165, 1.54) is 4.31 Å². The lowest BCUT2D eigenvalue weighted by molar-refractivity contribution is -0.126. The predicted octanol–water partition coefficient (Wildman–Crippen LogP) is 4.81. The minimum atomic E-state index is -3.67. The van der Waals surface area contributed by atoms with Gasteiger partial charge in [0.2, 0.25) is 15.9 Å². The molecule has 0 aromatic heterocycles. The molecule has 1 aliphatic heterocycles. The second-order valence-corrected chi connectivity index (χ2v) is 10.7. The van der Waals surface area contributed by atoms with E-state index in [1.807, 2.05) is 31.2 Å². The molecule has 2 aromatic rings. The monoisotopic (exact) mass is 498 g/mol. The average Bonchev–Trinajstić information content (AvgIpc) is 2.80. The van der Waals surface area contributed by atoms with Gasteiger partial charge < -0.3 is 10.1 Å². The molecule has 6 nitrogen and oxygen atoms in total. The highest BCUT2D eigenvalue weighted by molar-refractivity contribution is 7.88. The molecule has 0 spiro atoms. The first-order valence-electron chi connectivity index (χ1n) is 10.6. The van der Waals surface area contributed by atoms with Crippen molar-refractivity contribution >= 4 is 39.1 Å². The lowest BCUT2D eigenvalue weighted by Gasteiger charge is -2.32. The van der Waals surface area contributed by atoms with Crippen molar-refractivity contribution in [2.45, 2.75) is 38.0 Å². The summed E-state index contributed by atoms with van der Waals surface area (Å²) in [7, 11) is -2.06. The number of nitrogens with one attached hydrogen (secondary N) is 1. The molecule has 0 bridgehead atoms. The van der Waals surface area contributed by atoms with Gasteiger partial charge in [-0.2, -0.15) is 0 Å². The Balaban J connectivity index is 1.68. The summed E-state index contributed by atoms with van der Waals surface area (Å²) in [5, 5.41) is 3.72. The molecule has 1 heterocycles. The molecule has 0 radical (unpaired) electrons. The summed E-state index contributed by atoms with van der Waals surface area (Å²) < 4.78 is 32.7. The van der Waals surface area contributed by atoms with Crippen LogP contribution in [-0.4, -0.2) is 38.8 Å². The fourth-order valence-corrected chi connectivity index (χ4v) is 6.26. The van der Waals surface area contributed by atoms with Crippen LogP contribution in [0, 0.1) is 5.92 Å². The van der Waals surface area contributed by atoms with Crippen molar-refractivity contribution in [1.29, 1.82) is 0 Å². The first-order chi connectivity index (χ1) is 15.2. The van der Waals surface area contributed by atoms with Crippen LogP contribution in [0.3, 0.4) is 0 Å². The Labute approximate surface area is 199 Å². The van der Waals surface area contributed by atoms with Crippen LogP contribution in [-0.2, 0) is 20.6 Å². The Kier molecular flexibility index (Phi) is 8.44. The predicted molar refractivity (Wildman–Crippen MR) is 128 cm³/mol. The van der Waals surface area contributed by atoms with Crippen LogP contribution in [0.25, 0.3) is 0 Å². The number of carbonyl (C=O) groups is 1. The number of hydrogen-bond donors (Lipinski definition) is 1. The van der Waals surface area contributed by atoms with Crippen LogP contribution in [0.5, 0.6) is 5.75 Å². The van der Waals surface area contributed by atoms with Crippen molar-refractivity contribution in [2.24, 2.45) is 5.92 Å². The number of piperidine rings is 1. The van der Waals surface area contributed by atoms with Gasteiger partial charge in [-0.3, -0.25) is 4.79 Å². The van der Waals surface area contributed by atoms with Gasteiger partial charge >= 0.3 is 0 Å². The van der Waals surface area contributed by atoms with Crippen molar-refractivity contribution < 1.29 is 17.9 Å². The first kappa shape index (κ1) is 24.8. The van der Waals surface area contributed by atoms with Gasteiger partial charge in [-0.1, -0.05) is 48.3 Å². The van der Waals surface area contributed by atoms with Gasteiger partial charge in [0, 0.05) is 28.7 Å². The molecule has 9 heteroatoms. The number of rotatable bonds is 8. The van der Waals surface area contributed by atoms with Crippen LogP contribution in [0.1, 0.15) is 43.4 Å². The van der Waals surface area contributed by atoms with E-state index in [-0.39, 0.29) is 24.2 Å². The number of carbonyl (C=O) groups excluding carboxylic acids is 1. The molecule has 0 saturated carbocycles. The van der Waals surface area contributed by atoms with Gasteiger partial charge in [0.25, 0.3) is 0 Å². The summed E-state index contributed by atoms with van der Waals surface area (Å²) >= 11 is 12.3. The first-order valence-corrected chi connectivity index (χ1v) is 13.0. The smallest absolute Gasteiger partial charge is 0.224 e.